The number of halogens is 1. The van der Waals surface area contributed by atoms with E-state index in [0.717, 1.165) is 51.1 Å². The highest BCUT2D eigenvalue weighted by atomic mass is 127. The third-order valence-corrected chi connectivity index (χ3v) is 6.14. The molecule has 2 saturated heterocycles. The first-order valence-corrected chi connectivity index (χ1v) is 11.4. The van der Waals surface area contributed by atoms with E-state index in [-0.39, 0.29) is 30.0 Å². The molecule has 2 aliphatic rings. The van der Waals surface area contributed by atoms with Gasteiger partial charge in [-0.3, -0.25) is 9.89 Å². The van der Waals surface area contributed by atoms with Gasteiger partial charge in [-0.05, 0) is 49.5 Å². The molecule has 2 atom stereocenters. The first kappa shape index (κ1) is 26.2. The second-order valence-electron chi connectivity index (χ2n) is 8.23. The molecule has 0 aliphatic carbocycles. The smallest absolute Gasteiger partial charge is 0.191 e. The van der Waals surface area contributed by atoms with Crippen LogP contribution in [0.4, 0.5) is 0 Å². The van der Waals surface area contributed by atoms with Gasteiger partial charge in [0, 0.05) is 39.8 Å². The number of likely N-dealkylation sites (tertiary alicyclic amines) is 1. The lowest BCUT2D eigenvalue weighted by Crippen LogP contribution is -2.47. The Morgan fingerprint density at radius 2 is 1.94 bits per heavy atom. The van der Waals surface area contributed by atoms with Crippen LogP contribution in [-0.2, 0) is 4.74 Å². The third kappa shape index (κ3) is 8.07. The molecule has 1 aromatic rings. The summed E-state index contributed by atoms with van der Waals surface area (Å²) in [4.78, 5) is 9.52. The fourth-order valence-electron chi connectivity index (χ4n) is 4.43. The van der Waals surface area contributed by atoms with Crippen LogP contribution in [0.1, 0.15) is 31.4 Å². The van der Waals surface area contributed by atoms with E-state index in [1.165, 1.54) is 38.0 Å². The van der Waals surface area contributed by atoms with E-state index in [1.807, 2.05) is 19.2 Å². The first-order valence-electron chi connectivity index (χ1n) is 11.4. The van der Waals surface area contributed by atoms with Crippen molar-refractivity contribution < 1.29 is 9.47 Å². The van der Waals surface area contributed by atoms with Crippen molar-refractivity contribution in [3.8, 4) is 5.75 Å². The molecule has 2 fully saturated rings. The summed E-state index contributed by atoms with van der Waals surface area (Å²) in [5, 5.41) is 7.12. The Kier molecular flexibility index (Phi) is 11.9. The first-order chi connectivity index (χ1) is 14.7. The van der Waals surface area contributed by atoms with Gasteiger partial charge in [0.1, 0.15) is 5.75 Å². The maximum absolute atomic E-state index is 5.57. The maximum Gasteiger partial charge on any atom is 0.191 e. The van der Waals surface area contributed by atoms with Crippen molar-refractivity contribution in [2.45, 2.75) is 25.8 Å². The van der Waals surface area contributed by atoms with Crippen LogP contribution in [0.15, 0.2) is 29.3 Å². The molecule has 3 rings (SSSR count). The van der Waals surface area contributed by atoms with Gasteiger partial charge in [0.05, 0.1) is 26.4 Å². The minimum Gasteiger partial charge on any atom is -0.497 e. The van der Waals surface area contributed by atoms with Gasteiger partial charge in [-0.2, -0.15) is 0 Å². The Morgan fingerprint density at radius 1 is 1.19 bits per heavy atom. The summed E-state index contributed by atoms with van der Waals surface area (Å²) in [5.74, 6) is 2.47. The number of guanidine groups is 1. The third-order valence-electron chi connectivity index (χ3n) is 6.14. The fourth-order valence-corrected chi connectivity index (χ4v) is 4.43. The van der Waals surface area contributed by atoms with E-state index < -0.39 is 0 Å². The molecule has 8 heteroatoms. The number of hydrogen-bond acceptors (Lipinski definition) is 5. The van der Waals surface area contributed by atoms with E-state index >= 15 is 0 Å². The van der Waals surface area contributed by atoms with Crippen molar-refractivity contribution in [3.63, 3.8) is 0 Å². The van der Waals surface area contributed by atoms with E-state index in [2.05, 4.69) is 44.5 Å². The zero-order chi connectivity index (χ0) is 21.2. The van der Waals surface area contributed by atoms with Gasteiger partial charge in [-0.15, -0.1) is 24.0 Å². The van der Waals surface area contributed by atoms with Crippen molar-refractivity contribution in [1.29, 1.82) is 0 Å². The standard InChI is InChI=1S/C23H39N5O2.HI/c1-4-10-27-11-9-19(18-27)16-25-23(24-2)26-17-22(28-12-14-30-15-13-28)20-5-7-21(29-3)8-6-20;/h5-8,19,22H,4,9-18H2,1-3H3,(H2,24,25,26);1H. The fraction of sp³-hybridized carbons (Fsp3) is 0.696. The molecule has 1 aromatic carbocycles. The number of morpholine rings is 1. The van der Waals surface area contributed by atoms with Crippen LogP contribution in [0.5, 0.6) is 5.75 Å². The molecule has 2 N–H and O–H groups in total. The van der Waals surface area contributed by atoms with E-state index in [0.29, 0.717) is 5.92 Å². The highest BCUT2D eigenvalue weighted by Gasteiger charge is 2.24. The number of nitrogens with zero attached hydrogens (tertiary/aromatic N) is 3. The second-order valence-corrected chi connectivity index (χ2v) is 8.23. The molecule has 0 spiro atoms. The van der Waals surface area contributed by atoms with Crippen molar-refractivity contribution in [2.75, 3.05) is 73.2 Å². The molecule has 0 amide bonds. The molecule has 31 heavy (non-hydrogen) atoms. The Bertz CT molecular complexity index is 652. The molecule has 7 nitrogen and oxygen atoms in total. The lowest BCUT2D eigenvalue weighted by molar-refractivity contribution is 0.0170. The van der Waals surface area contributed by atoms with Gasteiger partial charge in [0.25, 0.3) is 0 Å². The van der Waals surface area contributed by atoms with Crippen molar-refractivity contribution in [1.82, 2.24) is 20.4 Å². The van der Waals surface area contributed by atoms with Gasteiger partial charge < -0.3 is 25.0 Å². The summed E-state index contributed by atoms with van der Waals surface area (Å²) in [5.41, 5.74) is 1.28. The lowest BCUT2D eigenvalue weighted by Gasteiger charge is -2.35. The predicted octanol–water partition coefficient (Wildman–Crippen LogP) is 2.58. The monoisotopic (exact) mass is 545 g/mol. The maximum atomic E-state index is 5.57. The van der Waals surface area contributed by atoms with Crippen molar-refractivity contribution >= 4 is 29.9 Å². The molecular weight excluding hydrogens is 505 g/mol. The van der Waals surface area contributed by atoms with Crippen LogP contribution in [-0.4, -0.2) is 88.9 Å². The SMILES string of the molecule is CCCN1CCC(CNC(=NC)NCC(c2ccc(OC)cc2)N2CCOCC2)C1.I. The Balaban J connectivity index is 0.00000341. The predicted molar refractivity (Wildman–Crippen MR) is 138 cm³/mol. The number of hydrogen-bond donors (Lipinski definition) is 2. The number of benzene rings is 1. The summed E-state index contributed by atoms with van der Waals surface area (Å²) in [6.45, 7) is 11.1. The van der Waals surface area contributed by atoms with Crippen LogP contribution in [0.25, 0.3) is 0 Å². The Labute approximate surface area is 205 Å². The van der Waals surface area contributed by atoms with Crippen LogP contribution < -0.4 is 15.4 Å². The normalized spacial score (nSPS) is 21.4. The minimum absolute atomic E-state index is 0. The molecule has 0 radical (unpaired) electrons. The van der Waals surface area contributed by atoms with Crippen LogP contribution >= 0.6 is 24.0 Å². The van der Waals surface area contributed by atoms with Crippen LogP contribution in [0, 0.1) is 5.92 Å². The lowest BCUT2D eigenvalue weighted by atomic mass is 10.0. The number of methoxy groups -OCH3 is 1. The number of aliphatic imine (C=N–C) groups is 1. The number of ether oxygens (including phenoxy) is 2. The summed E-state index contributed by atoms with van der Waals surface area (Å²) in [6, 6.07) is 8.68. The Morgan fingerprint density at radius 3 is 2.58 bits per heavy atom. The van der Waals surface area contributed by atoms with Crippen LogP contribution in [0.2, 0.25) is 0 Å². The molecule has 0 bridgehead atoms. The molecule has 2 aliphatic heterocycles. The number of rotatable bonds is 9. The average Bonchev–Trinajstić information content (AvgIpc) is 3.25. The van der Waals surface area contributed by atoms with E-state index in [1.54, 1.807) is 7.11 Å². The van der Waals surface area contributed by atoms with Crippen molar-refractivity contribution in [3.05, 3.63) is 29.8 Å². The minimum atomic E-state index is 0. The molecule has 176 valence electrons. The van der Waals surface area contributed by atoms with Crippen molar-refractivity contribution in [2.24, 2.45) is 10.9 Å². The highest BCUT2D eigenvalue weighted by Crippen LogP contribution is 2.23. The van der Waals surface area contributed by atoms with Crippen LogP contribution in [0.3, 0.4) is 0 Å². The summed E-state index contributed by atoms with van der Waals surface area (Å²) in [6.07, 6.45) is 2.50. The molecule has 2 unspecified atom stereocenters. The zero-order valence-electron chi connectivity index (χ0n) is 19.3. The molecule has 0 aromatic heterocycles. The topological polar surface area (TPSA) is 61.4 Å². The summed E-state index contributed by atoms with van der Waals surface area (Å²) >= 11 is 0. The van der Waals surface area contributed by atoms with E-state index in [9.17, 15) is 0 Å². The molecule has 0 saturated carbocycles. The number of nitrogens with one attached hydrogen (secondary N) is 2. The van der Waals surface area contributed by atoms with Gasteiger partial charge in [0.15, 0.2) is 5.96 Å². The van der Waals surface area contributed by atoms with E-state index in [4.69, 9.17) is 9.47 Å². The molecular formula is C23H40IN5O2. The average molecular weight is 546 g/mol. The zero-order valence-corrected chi connectivity index (χ0v) is 21.6. The van der Waals surface area contributed by atoms with Gasteiger partial charge in [-0.1, -0.05) is 19.1 Å². The highest BCUT2D eigenvalue weighted by molar-refractivity contribution is 14.0. The van der Waals surface area contributed by atoms with Gasteiger partial charge in [0.2, 0.25) is 0 Å². The quantitative estimate of drug-likeness (QED) is 0.283. The second kappa shape index (κ2) is 14.1. The Hall–Kier alpha value is -1.10. The summed E-state index contributed by atoms with van der Waals surface area (Å²) < 4.78 is 10.9. The molecule has 2 heterocycles. The summed E-state index contributed by atoms with van der Waals surface area (Å²) in [7, 11) is 3.56. The largest absolute Gasteiger partial charge is 0.497 e. The van der Waals surface area contributed by atoms with Gasteiger partial charge >= 0.3 is 0 Å². The van der Waals surface area contributed by atoms with Gasteiger partial charge in [-0.25, -0.2) is 0 Å².